The summed E-state index contributed by atoms with van der Waals surface area (Å²) in [5.74, 6) is -0.184. The number of aliphatic hydroxyl groups is 5. The van der Waals surface area contributed by atoms with Crippen LogP contribution < -0.4 is 5.32 Å². The first-order valence-corrected chi connectivity index (χ1v) is 25.2. The minimum atomic E-state index is -1.57. The molecule has 0 bridgehead atoms. The van der Waals surface area contributed by atoms with E-state index in [1.807, 2.05) is 6.08 Å². The molecule has 6 N–H and O–H groups in total. The molecular formula is C51H95NO8. The number of nitrogens with one attached hydrogen (secondary N) is 1. The summed E-state index contributed by atoms with van der Waals surface area (Å²) in [6.07, 6.45) is 44.7. The second kappa shape index (κ2) is 41.4. The number of hydrogen-bond acceptors (Lipinski definition) is 8. The van der Waals surface area contributed by atoms with E-state index in [4.69, 9.17) is 9.47 Å². The summed E-state index contributed by atoms with van der Waals surface area (Å²) in [4.78, 5) is 13.0. The Morgan fingerprint density at radius 1 is 0.567 bits per heavy atom. The molecule has 1 rings (SSSR count). The molecule has 7 unspecified atom stereocenters. The summed E-state index contributed by atoms with van der Waals surface area (Å²) >= 11 is 0. The zero-order chi connectivity index (χ0) is 43.7. The molecular weight excluding hydrogens is 755 g/mol. The molecule has 0 aliphatic carbocycles. The second-order valence-corrected chi connectivity index (χ2v) is 17.6. The van der Waals surface area contributed by atoms with Crippen LogP contribution in [-0.2, 0) is 14.3 Å². The number of ether oxygens (including phenoxy) is 2. The molecule has 9 nitrogen and oxygen atoms in total. The third kappa shape index (κ3) is 31.3. The second-order valence-electron chi connectivity index (χ2n) is 17.6. The van der Waals surface area contributed by atoms with Gasteiger partial charge in [0.15, 0.2) is 6.29 Å². The standard InChI is InChI=1S/C51H95NO8/c1-3-5-7-9-11-13-15-17-19-20-21-22-23-24-25-26-27-29-31-33-35-37-39-41-47(55)52-44(43-59-51-50(58)49(57)48(56)46(42-53)60-51)45(54)40-38-36-34-32-30-28-18-16-14-12-10-8-6-4-2/h21-22,24-25,38,40,44-46,48-51,53-54,56-58H,3-20,23,26-37,39,41-43H2,1-2H3,(H,52,55)/b22-21-,25-24-,40-38+. The average Bonchev–Trinajstić information content (AvgIpc) is 3.25. The molecule has 0 saturated carbocycles. The van der Waals surface area contributed by atoms with E-state index in [1.54, 1.807) is 6.08 Å². The number of aliphatic hydroxyl groups excluding tert-OH is 5. The number of amides is 1. The zero-order valence-electron chi connectivity index (χ0n) is 38.7. The van der Waals surface area contributed by atoms with Crippen LogP contribution in [0.3, 0.4) is 0 Å². The van der Waals surface area contributed by atoms with Gasteiger partial charge >= 0.3 is 0 Å². The molecule has 1 saturated heterocycles. The Balaban J connectivity index is 2.29. The Morgan fingerprint density at radius 2 is 0.983 bits per heavy atom. The molecule has 0 aromatic rings. The third-order valence-electron chi connectivity index (χ3n) is 12.0. The Morgan fingerprint density at radius 3 is 1.43 bits per heavy atom. The van der Waals surface area contributed by atoms with Crippen molar-refractivity contribution in [3.63, 3.8) is 0 Å². The fourth-order valence-corrected chi connectivity index (χ4v) is 7.89. The van der Waals surface area contributed by atoms with Crippen LogP contribution in [0, 0.1) is 0 Å². The first kappa shape index (κ1) is 56.4. The summed E-state index contributed by atoms with van der Waals surface area (Å²) < 4.78 is 11.2. The van der Waals surface area contributed by atoms with Crippen LogP contribution in [0.5, 0.6) is 0 Å². The molecule has 0 spiro atoms. The lowest BCUT2D eigenvalue weighted by Gasteiger charge is -2.40. The third-order valence-corrected chi connectivity index (χ3v) is 12.0. The van der Waals surface area contributed by atoms with Crippen molar-refractivity contribution in [2.45, 2.75) is 269 Å². The molecule has 1 aliphatic heterocycles. The molecule has 60 heavy (non-hydrogen) atoms. The number of rotatable bonds is 42. The summed E-state index contributed by atoms with van der Waals surface area (Å²) in [6, 6.07) is -0.808. The highest BCUT2D eigenvalue weighted by molar-refractivity contribution is 5.76. The molecule has 1 amide bonds. The van der Waals surface area contributed by atoms with E-state index in [0.29, 0.717) is 6.42 Å². The maximum absolute atomic E-state index is 13.0. The Kier molecular flexibility index (Phi) is 39.0. The van der Waals surface area contributed by atoms with Gasteiger partial charge in [-0.25, -0.2) is 0 Å². The Labute approximate surface area is 368 Å². The fourth-order valence-electron chi connectivity index (χ4n) is 7.89. The molecule has 7 atom stereocenters. The van der Waals surface area contributed by atoms with E-state index in [9.17, 15) is 30.3 Å². The van der Waals surface area contributed by atoms with Gasteiger partial charge in [-0.05, 0) is 51.4 Å². The largest absolute Gasteiger partial charge is 0.394 e. The van der Waals surface area contributed by atoms with E-state index in [-0.39, 0.29) is 12.5 Å². The SMILES string of the molecule is CCCCCCCCCCC/C=C\C/C=C\CCCCCCCCCC(=O)NC(COC1OC(CO)C(O)C(O)C1O)C(O)/C=C/CCCCCCCCCCCCCC. The van der Waals surface area contributed by atoms with Crippen LogP contribution in [0.1, 0.15) is 226 Å². The molecule has 0 aromatic heterocycles. The maximum Gasteiger partial charge on any atom is 0.220 e. The summed E-state index contributed by atoms with van der Waals surface area (Å²) in [7, 11) is 0. The zero-order valence-corrected chi connectivity index (χ0v) is 38.7. The quantitative estimate of drug-likeness (QED) is 0.0263. The lowest BCUT2D eigenvalue weighted by molar-refractivity contribution is -0.302. The number of hydrogen-bond donors (Lipinski definition) is 6. The lowest BCUT2D eigenvalue weighted by Crippen LogP contribution is -2.60. The van der Waals surface area contributed by atoms with Crippen molar-refractivity contribution in [3.05, 3.63) is 36.5 Å². The van der Waals surface area contributed by atoms with Gasteiger partial charge in [0, 0.05) is 6.42 Å². The fraction of sp³-hybridized carbons (Fsp3) is 0.863. The first-order valence-electron chi connectivity index (χ1n) is 25.2. The number of allylic oxidation sites excluding steroid dienone is 5. The van der Waals surface area contributed by atoms with Crippen molar-refractivity contribution in [1.82, 2.24) is 5.32 Å². The lowest BCUT2D eigenvalue weighted by atomic mass is 9.99. The molecule has 0 aromatic carbocycles. The van der Waals surface area contributed by atoms with Crippen molar-refractivity contribution in [2.24, 2.45) is 0 Å². The average molecular weight is 850 g/mol. The Bertz CT molecular complexity index is 1030. The first-order chi connectivity index (χ1) is 29.3. The van der Waals surface area contributed by atoms with Gasteiger partial charge in [-0.2, -0.15) is 0 Å². The van der Waals surface area contributed by atoms with Crippen LogP contribution in [-0.4, -0.2) is 87.5 Å². The topological polar surface area (TPSA) is 149 Å². The van der Waals surface area contributed by atoms with Crippen molar-refractivity contribution in [3.8, 4) is 0 Å². The van der Waals surface area contributed by atoms with Crippen molar-refractivity contribution in [1.29, 1.82) is 0 Å². The van der Waals surface area contributed by atoms with Gasteiger partial charge in [-0.3, -0.25) is 4.79 Å². The van der Waals surface area contributed by atoms with Crippen LogP contribution >= 0.6 is 0 Å². The van der Waals surface area contributed by atoms with Gasteiger partial charge in [0.1, 0.15) is 24.4 Å². The van der Waals surface area contributed by atoms with E-state index in [2.05, 4.69) is 43.5 Å². The van der Waals surface area contributed by atoms with Gasteiger partial charge < -0.3 is 40.3 Å². The molecule has 1 aliphatic rings. The van der Waals surface area contributed by atoms with Crippen molar-refractivity contribution >= 4 is 5.91 Å². The smallest absolute Gasteiger partial charge is 0.220 e. The van der Waals surface area contributed by atoms with Crippen LogP contribution in [0.2, 0.25) is 0 Å². The Hall–Kier alpha value is -1.59. The number of carbonyl (C=O) groups excluding carboxylic acids is 1. The number of carbonyl (C=O) groups is 1. The van der Waals surface area contributed by atoms with Crippen LogP contribution in [0.4, 0.5) is 0 Å². The summed E-state index contributed by atoms with van der Waals surface area (Å²) in [5, 5.41) is 54.3. The molecule has 0 radical (unpaired) electrons. The normalized spacial score (nSPS) is 20.8. The van der Waals surface area contributed by atoms with Crippen LogP contribution in [0.15, 0.2) is 36.5 Å². The van der Waals surface area contributed by atoms with E-state index < -0.39 is 49.5 Å². The summed E-state index contributed by atoms with van der Waals surface area (Å²) in [5.41, 5.74) is 0. The highest BCUT2D eigenvalue weighted by atomic mass is 16.7. The molecule has 9 heteroatoms. The van der Waals surface area contributed by atoms with Gasteiger partial charge in [0.05, 0.1) is 25.4 Å². The molecule has 1 heterocycles. The van der Waals surface area contributed by atoms with Crippen LogP contribution in [0.25, 0.3) is 0 Å². The summed E-state index contributed by atoms with van der Waals surface area (Å²) in [6.45, 7) is 3.77. The van der Waals surface area contributed by atoms with Crippen molar-refractivity contribution < 1.29 is 39.8 Å². The van der Waals surface area contributed by atoms with Gasteiger partial charge in [-0.1, -0.05) is 204 Å². The minimum absolute atomic E-state index is 0.184. The van der Waals surface area contributed by atoms with Crippen molar-refractivity contribution in [2.75, 3.05) is 13.2 Å². The highest BCUT2D eigenvalue weighted by Crippen LogP contribution is 2.23. The van der Waals surface area contributed by atoms with E-state index in [1.165, 1.54) is 148 Å². The van der Waals surface area contributed by atoms with Gasteiger partial charge in [-0.15, -0.1) is 0 Å². The van der Waals surface area contributed by atoms with E-state index in [0.717, 1.165) is 57.8 Å². The minimum Gasteiger partial charge on any atom is -0.394 e. The number of unbranched alkanes of at least 4 members (excludes halogenated alkanes) is 28. The predicted molar refractivity (Wildman–Crippen MR) is 249 cm³/mol. The maximum atomic E-state index is 13.0. The monoisotopic (exact) mass is 850 g/mol. The van der Waals surface area contributed by atoms with Gasteiger partial charge in [0.25, 0.3) is 0 Å². The van der Waals surface area contributed by atoms with Gasteiger partial charge in [0.2, 0.25) is 5.91 Å². The molecule has 352 valence electrons. The van der Waals surface area contributed by atoms with E-state index >= 15 is 0 Å². The molecule has 1 fully saturated rings. The predicted octanol–water partition coefficient (Wildman–Crippen LogP) is 11.2. The highest BCUT2D eigenvalue weighted by Gasteiger charge is 2.44.